The van der Waals surface area contributed by atoms with Gasteiger partial charge in [0, 0.05) is 13.1 Å². The topological polar surface area (TPSA) is 61.4 Å². The average Bonchev–Trinajstić information content (AvgIpc) is 2.13. The van der Waals surface area contributed by atoms with Gasteiger partial charge in [0.05, 0.1) is 12.6 Å². The van der Waals surface area contributed by atoms with Crippen molar-refractivity contribution in [1.29, 1.82) is 0 Å². The van der Waals surface area contributed by atoms with Gasteiger partial charge in [0.2, 0.25) is 5.91 Å². The first kappa shape index (κ1) is 14.1. The Bertz CT molecular complexity index is 217. The van der Waals surface area contributed by atoms with Gasteiger partial charge in [-0.05, 0) is 27.9 Å². The van der Waals surface area contributed by atoms with Gasteiger partial charge in [0.25, 0.3) is 0 Å². The largest absolute Gasteiger partial charge is 0.354 e. The number of carbonyl (C=O) groups is 2. The Balaban J connectivity index is 3.53. The minimum atomic E-state index is -0.260. The van der Waals surface area contributed by atoms with Crippen molar-refractivity contribution in [2.45, 2.75) is 19.9 Å². The van der Waals surface area contributed by atoms with E-state index in [0.717, 1.165) is 6.54 Å². The molecule has 15 heavy (non-hydrogen) atoms. The number of Topliss-reactive ketones (excluding diaryl/α,β-unsaturated/α-hetero) is 1. The van der Waals surface area contributed by atoms with Crippen LogP contribution in [0, 0.1) is 0 Å². The first-order valence-corrected chi connectivity index (χ1v) is 5.08. The van der Waals surface area contributed by atoms with Crippen molar-refractivity contribution in [2.75, 3.05) is 33.7 Å². The SMILES string of the molecule is CC(=O)C(C)NCC(=O)NCCN(C)C. The van der Waals surface area contributed by atoms with Crippen LogP contribution in [0.25, 0.3) is 0 Å². The number of ketones is 1. The molecular formula is C10H21N3O2. The van der Waals surface area contributed by atoms with Crippen LogP contribution in [0.3, 0.4) is 0 Å². The van der Waals surface area contributed by atoms with Crippen LogP contribution < -0.4 is 10.6 Å². The molecule has 88 valence electrons. The van der Waals surface area contributed by atoms with Gasteiger partial charge in [-0.2, -0.15) is 0 Å². The van der Waals surface area contributed by atoms with Crippen LogP contribution in [-0.2, 0) is 9.59 Å². The van der Waals surface area contributed by atoms with E-state index >= 15 is 0 Å². The highest BCUT2D eigenvalue weighted by atomic mass is 16.2. The molecule has 1 amide bonds. The van der Waals surface area contributed by atoms with Gasteiger partial charge in [0.1, 0.15) is 5.78 Å². The van der Waals surface area contributed by atoms with Crippen molar-refractivity contribution >= 4 is 11.7 Å². The summed E-state index contributed by atoms with van der Waals surface area (Å²) in [5.41, 5.74) is 0. The lowest BCUT2D eigenvalue weighted by atomic mass is 10.2. The second-order valence-electron chi connectivity index (χ2n) is 3.87. The fraction of sp³-hybridized carbons (Fsp3) is 0.800. The van der Waals surface area contributed by atoms with Crippen LogP contribution in [0.15, 0.2) is 0 Å². The molecule has 1 unspecified atom stereocenters. The van der Waals surface area contributed by atoms with E-state index in [1.54, 1.807) is 6.92 Å². The normalized spacial score (nSPS) is 12.6. The Kier molecular flexibility index (Phi) is 6.90. The molecule has 2 N–H and O–H groups in total. The third-order valence-electron chi connectivity index (χ3n) is 2.06. The molecule has 0 bridgehead atoms. The standard InChI is InChI=1S/C10H21N3O2/c1-8(9(2)14)12-7-10(15)11-5-6-13(3)4/h8,12H,5-7H2,1-4H3,(H,11,15). The third kappa shape index (κ3) is 8.08. The molecule has 0 rings (SSSR count). The fourth-order valence-electron chi connectivity index (χ4n) is 0.871. The van der Waals surface area contributed by atoms with Crippen molar-refractivity contribution < 1.29 is 9.59 Å². The Hall–Kier alpha value is -0.940. The molecule has 5 heteroatoms. The van der Waals surface area contributed by atoms with Gasteiger partial charge in [-0.3, -0.25) is 14.9 Å². The van der Waals surface area contributed by atoms with Crippen molar-refractivity contribution in [3.8, 4) is 0 Å². The zero-order valence-corrected chi connectivity index (χ0v) is 9.96. The zero-order chi connectivity index (χ0) is 11.8. The first-order valence-electron chi connectivity index (χ1n) is 5.08. The molecule has 0 radical (unpaired) electrons. The van der Waals surface area contributed by atoms with Crippen LogP contribution >= 0.6 is 0 Å². The Labute approximate surface area is 91.2 Å². The summed E-state index contributed by atoms with van der Waals surface area (Å²) >= 11 is 0. The third-order valence-corrected chi connectivity index (χ3v) is 2.06. The van der Waals surface area contributed by atoms with Gasteiger partial charge >= 0.3 is 0 Å². The number of likely N-dealkylation sites (N-methyl/N-ethyl adjacent to an activating group) is 1. The lowest BCUT2D eigenvalue weighted by Crippen LogP contribution is -2.42. The van der Waals surface area contributed by atoms with Crippen molar-refractivity contribution in [1.82, 2.24) is 15.5 Å². The predicted octanol–water partition coefficient (Wildman–Crippen LogP) is -0.769. The maximum Gasteiger partial charge on any atom is 0.234 e. The maximum absolute atomic E-state index is 11.2. The quantitative estimate of drug-likeness (QED) is 0.585. The van der Waals surface area contributed by atoms with Crippen LogP contribution in [0.5, 0.6) is 0 Å². The van der Waals surface area contributed by atoms with Gasteiger partial charge < -0.3 is 10.2 Å². The molecule has 1 atom stereocenters. The molecule has 0 aromatic rings. The molecule has 0 aromatic heterocycles. The van der Waals surface area contributed by atoms with Gasteiger partial charge in [-0.1, -0.05) is 0 Å². The number of hydrogen-bond donors (Lipinski definition) is 2. The first-order chi connectivity index (χ1) is 6.93. The van der Waals surface area contributed by atoms with Crippen LogP contribution in [0.2, 0.25) is 0 Å². The van der Waals surface area contributed by atoms with Crippen molar-refractivity contribution in [2.24, 2.45) is 0 Å². The van der Waals surface area contributed by atoms with E-state index in [1.165, 1.54) is 6.92 Å². The number of nitrogens with one attached hydrogen (secondary N) is 2. The zero-order valence-electron chi connectivity index (χ0n) is 9.96. The van der Waals surface area contributed by atoms with Crippen molar-refractivity contribution in [3.63, 3.8) is 0 Å². The van der Waals surface area contributed by atoms with E-state index in [0.29, 0.717) is 6.54 Å². The number of rotatable bonds is 7. The Morgan fingerprint density at radius 2 is 1.93 bits per heavy atom. The van der Waals surface area contributed by atoms with E-state index in [-0.39, 0.29) is 24.3 Å². The van der Waals surface area contributed by atoms with Gasteiger partial charge in [-0.25, -0.2) is 0 Å². The molecule has 5 nitrogen and oxygen atoms in total. The number of amides is 1. The number of carbonyl (C=O) groups excluding carboxylic acids is 2. The predicted molar refractivity (Wildman–Crippen MR) is 59.7 cm³/mol. The molecule has 0 heterocycles. The highest BCUT2D eigenvalue weighted by Gasteiger charge is 2.08. The monoisotopic (exact) mass is 215 g/mol. The molecule has 0 aliphatic carbocycles. The number of hydrogen-bond acceptors (Lipinski definition) is 4. The van der Waals surface area contributed by atoms with Crippen LogP contribution in [0.4, 0.5) is 0 Å². The van der Waals surface area contributed by atoms with E-state index < -0.39 is 0 Å². The Morgan fingerprint density at radius 3 is 2.40 bits per heavy atom. The summed E-state index contributed by atoms with van der Waals surface area (Å²) in [5, 5.41) is 5.60. The van der Waals surface area contributed by atoms with Gasteiger partial charge in [0.15, 0.2) is 0 Å². The molecule has 0 fully saturated rings. The summed E-state index contributed by atoms with van der Waals surface area (Å²) < 4.78 is 0. The summed E-state index contributed by atoms with van der Waals surface area (Å²) in [4.78, 5) is 24.1. The maximum atomic E-state index is 11.2. The highest BCUT2D eigenvalue weighted by molar-refractivity contribution is 5.83. The summed E-state index contributed by atoms with van der Waals surface area (Å²) in [6, 6.07) is -0.260. The number of nitrogens with zero attached hydrogens (tertiary/aromatic N) is 1. The fourth-order valence-corrected chi connectivity index (χ4v) is 0.871. The van der Waals surface area contributed by atoms with E-state index in [1.807, 2.05) is 19.0 Å². The summed E-state index contributed by atoms with van der Waals surface area (Å²) in [5.74, 6) is -0.0407. The summed E-state index contributed by atoms with van der Waals surface area (Å²) in [7, 11) is 3.89. The lowest BCUT2D eigenvalue weighted by molar-refractivity contribution is -0.121. The molecule has 0 spiro atoms. The average molecular weight is 215 g/mol. The molecule has 0 saturated carbocycles. The van der Waals surface area contributed by atoms with E-state index in [4.69, 9.17) is 0 Å². The smallest absolute Gasteiger partial charge is 0.234 e. The van der Waals surface area contributed by atoms with E-state index in [2.05, 4.69) is 10.6 Å². The van der Waals surface area contributed by atoms with E-state index in [9.17, 15) is 9.59 Å². The minimum absolute atomic E-state index is 0.0380. The highest BCUT2D eigenvalue weighted by Crippen LogP contribution is 1.81. The molecule has 0 aromatic carbocycles. The van der Waals surface area contributed by atoms with Crippen molar-refractivity contribution in [3.05, 3.63) is 0 Å². The second-order valence-corrected chi connectivity index (χ2v) is 3.87. The minimum Gasteiger partial charge on any atom is -0.354 e. The second kappa shape index (κ2) is 7.36. The summed E-state index contributed by atoms with van der Waals surface area (Å²) in [6.07, 6.45) is 0. The molecular weight excluding hydrogens is 194 g/mol. The molecule has 0 aliphatic rings. The Morgan fingerprint density at radius 1 is 1.33 bits per heavy atom. The van der Waals surface area contributed by atoms with Crippen LogP contribution in [-0.4, -0.2) is 56.4 Å². The molecule has 0 aliphatic heterocycles. The van der Waals surface area contributed by atoms with Gasteiger partial charge in [-0.15, -0.1) is 0 Å². The molecule has 0 saturated heterocycles. The van der Waals surface area contributed by atoms with Crippen LogP contribution in [0.1, 0.15) is 13.8 Å². The lowest BCUT2D eigenvalue weighted by Gasteiger charge is -2.12. The summed E-state index contributed by atoms with van der Waals surface area (Å²) in [6.45, 7) is 4.88.